The summed E-state index contributed by atoms with van der Waals surface area (Å²) in [6.45, 7) is 16.8. The predicted molar refractivity (Wildman–Crippen MR) is 365 cm³/mol. The third kappa shape index (κ3) is 43.0. The number of benzene rings is 1. The quantitative estimate of drug-likeness (QED) is 0.0418. The van der Waals surface area contributed by atoms with Crippen molar-refractivity contribution in [2.45, 2.75) is 227 Å². The van der Waals surface area contributed by atoms with Gasteiger partial charge in [-0.2, -0.15) is 0 Å². The molecule has 1 aromatic carbocycles. The molecule has 1 aromatic rings. The summed E-state index contributed by atoms with van der Waals surface area (Å²) in [5, 5.41) is 24.7. The van der Waals surface area contributed by atoms with Crippen LogP contribution in [0.3, 0.4) is 0 Å². The summed E-state index contributed by atoms with van der Waals surface area (Å²) in [6.07, 6.45) is 54.7. The SMILES string of the molecule is C1=CCOCCOCCOCCOC1.C1CCC([PH+](C2CCCCC2)C2CCCCC2)CC1.C1CCC([PH+](C2CCCCC2)C2CCCCC2)CC1.C=CCOCCOCCOCCOCC=C.OCP(CO)CO.[Cl][Ru]([Cl])=[CH]c1ccccc1.[Li+]. The molecule has 0 bridgehead atoms. The number of hydrogen-bond donors (Lipinski definition) is 3. The molecule has 6 fully saturated rings. The average molecular weight is 1390 g/mol. The molecule has 496 valence electrons. The fourth-order valence-corrected chi connectivity index (χ4v) is 25.8. The largest absolute Gasteiger partial charge is 1.00 e. The zero-order valence-corrected chi connectivity index (χ0v) is 60.1. The van der Waals surface area contributed by atoms with Gasteiger partial charge < -0.3 is 53.2 Å². The summed E-state index contributed by atoms with van der Waals surface area (Å²) in [6, 6.07) is 9.89. The van der Waals surface area contributed by atoms with Gasteiger partial charge in [-0.15, -0.1) is 13.2 Å². The molecule has 0 unspecified atom stereocenters. The van der Waals surface area contributed by atoms with Crippen LogP contribution in [0.4, 0.5) is 0 Å². The summed E-state index contributed by atoms with van der Waals surface area (Å²) in [4.78, 5) is 0. The standard InChI is InChI=1S/2C18H33P.C12H22O4.C10H18O4.C7H6.C3H9O3P.2ClH.Li.Ru/c2*1-4-10-16(11-5-1)19(17-12-6-2-7-13-17)18-14-8-3-9-15-18;1-3-5-13-7-9-15-11-12-16-10-8-14-6-4-2;1-2-4-12-6-8-14-10-9-13-7-5-11-3-1;1-7-5-3-2-4-6-7;4-1-7(2-5)3-6;;;;/h2*16-18H,1-15H2;3-4H,1-2,5-12H2;1-2H,3-10H2;1-6H;4-6H,1-3H2;2*1H;;/q;;;;;;;;+1;+2. The summed E-state index contributed by atoms with van der Waals surface area (Å²) >= 11 is -1.61. The first-order valence-corrected chi connectivity index (χ1v) is 44.4. The van der Waals surface area contributed by atoms with E-state index in [4.69, 9.17) is 72.6 Å². The molecule has 7 aliphatic rings. The van der Waals surface area contributed by atoms with Crippen molar-refractivity contribution >= 4 is 47.8 Å². The molecule has 6 aliphatic carbocycles. The minimum atomic E-state index is -1.61. The first-order chi connectivity index (χ1) is 41.9. The van der Waals surface area contributed by atoms with E-state index in [1.54, 1.807) is 205 Å². The van der Waals surface area contributed by atoms with E-state index in [0.29, 0.717) is 106 Å². The number of halogens is 2. The van der Waals surface area contributed by atoms with Gasteiger partial charge in [0.1, 0.15) is 0 Å². The molecule has 0 spiro atoms. The Labute approximate surface area is 554 Å². The average Bonchev–Trinajstić information content (AvgIpc) is 3.53. The van der Waals surface area contributed by atoms with E-state index in [0.717, 1.165) is 5.56 Å². The van der Waals surface area contributed by atoms with Crippen molar-refractivity contribution in [2.24, 2.45) is 0 Å². The summed E-state index contributed by atoms with van der Waals surface area (Å²) < 4.78 is 43.8. The van der Waals surface area contributed by atoms with Gasteiger partial charge >= 0.3 is 92.3 Å². The first-order valence-electron chi connectivity index (χ1n) is 33.6. The Morgan fingerprint density at radius 2 is 0.698 bits per heavy atom. The number of rotatable bonds is 23. The molecule has 0 amide bonds. The van der Waals surface area contributed by atoms with Crippen molar-refractivity contribution in [3.63, 3.8) is 0 Å². The van der Waals surface area contributed by atoms with E-state index >= 15 is 0 Å². The van der Waals surface area contributed by atoms with Crippen molar-refractivity contribution in [2.75, 3.05) is 125 Å². The zero-order chi connectivity index (χ0) is 60.7. The van der Waals surface area contributed by atoms with Gasteiger partial charge in [0.25, 0.3) is 0 Å². The third-order valence-electron chi connectivity index (χ3n) is 17.4. The minimum Gasteiger partial charge on any atom is 1.00 e. The van der Waals surface area contributed by atoms with Crippen molar-refractivity contribution in [1.82, 2.24) is 0 Å². The van der Waals surface area contributed by atoms with Crippen LogP contribution in [0, 0.1) is 0 Å². The molecule has 0 aromatic heterocycles. The molecule has 1 heterocycles. The van der Waals surface area contributed by atoms with Crippen LogP contribution in [0.15, 0.2) is 67.8 Å². The van der Waals surface area contributed by atoms with Crippen LogP contribution in [0.1, 0.15) is 198 Å². The molecule has 18 heteroatoms. The van der Waals surface area contributed by atoms with Crippen molar-refractivity contribution in [3.05, 3.63) is 73.4 Å². The number of ether oxygens (including phenoxy) is 8. The van der Waals surface area contributed by atoms with Crippen LogP contribution < -0.4 is 18.9 Å². The van der Waals surface area contributed by atoms with E-state index < -0.39 is 21.4 Å². The molecular weight excluding hydrogens is 1260 g/mol. The van der Waals surface area contributed by atoms with Gasteiger partial charge in [-0.3, -0.25) is 0 Å². The van der Waals surface area contributed by atoms with E-state index in [2.05, 4.69) is 13.2 Å². The van der Waals surface area contributed by atoms with Gasteiger partial charge in [0.05, 0.1) is 159 Å². The molecule has 11 nitrogen and oxygen atoms in total. The molecule has 0 saturated heterocycles. The number of hydrogen-bond acceptors (Lipinski definition) is 11. The van der Waals surface area contributed by atoms with Crippen LogP contribution in [0.2, 0.25) is 0 Å². The van der Waals surface area contributed by atoms with Crippen molar-refractivity contribution in [1.29, 1.82) is 0 Å². The Kier molecular flexibility index (Phi) is 58.8. The van der Waals surface area contributed by atoms with Crippen LogP contribution in [-0.4, -0.2) is 179 Å². The van der Waals surface area contributed by atoms with Crippen molar-refractivity contribution < 1.29 is 85.6 Å². The second-order valence-corrected chi connectivity index (χ2v) is 38.4. The van der Waals surface area contributed by atoms with E-state index in [1.165, 1.54) is 34.0 Å². The fraction of sp³-hybridized carbons (Fsp3) is 0.809. The minimum absolute atomic E-state index is 0. The van der Waals surface area contributed by atoms with Crippen LogP contribution in [-0.2, 0) is 51.4 Å². The fourth-order valence-electron chi connectivity index (χ4n) is 13.2. The summed E-state index contributed by atoms with van der Waals surface area (Å²) in [7, 11) is 10.4. The van der Waals surface area contributed by atoms with Crippen LogP contribution in [0.5, 0.6) is 0 Å². The molecule has 3 N–H and O–H groups in total. The maximum atomic E-state index is 8.23. The summed E-state index contributed by atoms with van der Waals surface area (Å²) in [5.41, 5.74) is 8.48. The smallest absolute Gasteiger partial charge is 1.00 e. The van der Waals surface area contributed by atoms with Gasteiger partial charge in [-0.1, -0.05) is 62.8 Å². The van der Waals surface area contributed by atoms with E-state index in [1.807, 2.05) is 47.1 Å². The van der Waals surface area contributed by atoms with Crippen LogP contribution >= 0.6 is 43.1 Å². The molecule has 6 saturated carbocycles. The Morgan fingerprint density at radius 3 is 0.942 bits per heavy atom. The Hall–Kier alpha value is 0.961. The Morgan fingerprint density at radius 1 is 0.430 bits per heavy atom. The maximum absolute atomic E-state index is 8.23. The molecular formula is C68H123Cl2LiO11P3Ru+3. The Balaban J connectivity index is 0.000000361. The molecule has 86 heavy (non-hydrogen) atoms. The molecule has 0 atom stereocenters. The molecule has 1 aliphatic heterocycles. The second-order valence-electron chi connectivity index (χ2n) is 23.6. The van der Waals surface area contributed by atoms with E-state index in [9.17, 15) is 0 Å². The Bertz CT molecular complexity index is 1520. The topological polar surface area (TPSA) is 135 Å². The second kappa shape index (κ2) is 60.9. The first kappa shape index (κ1) is 83.1. The summed E-state index contributed by atoms with van der Waals surface area (Å²) in [5.74, 6) is 0. The molecule has 8 rings (SSSR count). The van der Waals surface area contributed by atoms with Crippen LogP contribution in [0.25, 0.3) is 0 Å². The number of aliphatic hydroxyl groups excluding tert-OH is 3. The van der Waals surface area contributed by atoms with Crippen molar-refractivity contribution in [3.8, 4) is 0 Å². The van der Waals surface area contributed by atoms with Gasteiger partial charge in [0.2, 0.25) is 0 Å². The maximum Gasteiger partial charge on any atom is 1.00 e. The third-order valence-corrected chi connectivity index (χ3v) is 29.5. The normalized spacial score (nSPS) is 20.5. The monoisotopic (exact) mass is 1390 g/mol. The number of aliphatic hydroxyl groups is 3. The van der Waals surface area contributed by atoms with Gasteiger partial charge in [0, 0.05) is 15.8 Å². The molecule has 0 radical (unpaired) electrons. The van der Waals surface area contributed by atoms with E-state index in [-0.39, 0.29) is 53.7 Å². The van der Waals surface area contributed by atoms with Gasteiger partial charge in [-0.25, -0.2) is 0 Å². The predicted octanol–water partition coefficient (Wildman–Crippen LogP) is 13.5. The van der Waals surface area contributed by atoms with Gasteiger partial charge in [-0.05, 0) is 162 Å². The zero-order valence-electron chi connectivity index (χ0n) is 54.0. The van der Waals surface area contributed by atoms with Gasteiger partial charge in [0.15, 0.2) is 0 Å².